The number of amides is 1. The van der Waals surface area contributed by atoms with Crippen molar-refractivity contribution in [3.8, 4) is 17.6 Å². The molecule has 1 fully saturated rings. The number of hydrogen-bond acceptors (Lipinski definition) is 13. The average molecular weight is 988 g/mol. The van der Waals surface area contributed by atoms with Crippen LogP contribution in [0.3, 0.4) is 0 Å². The number of anilines is 1. The molecule has 370 valence electrons. The van der Waals surface area contributed by atoms with E-state index < -0.39 is 47.0 Å². The lowest BCUT2D eigenvalue weighted by atomic mass is 9.80. The van der Waals surface area contributed by atoms with Gasteiger partial charge in [-0.2, -0.15) is 5.26 Å². The summed E-state index contributed by atoms with van der Waals surface area (Å²) in [5.74, 6) is 1.31. The van der Waals surface area contributed by atoms with Crippen molar-refractivity contribution in [2.75, 3.05) is 32.8 Å². The van der Waals surface area contributed by atoms with Crippen molar-refractivity contribution in [1.82, 2.24) is 24.2 Å². The van der Waals surface area contributed by atoms with Crippen LogP contribution in [0.25, 0.3) is 11.2 Å². The number of ether oxygens (including phenoxy) is 4. The molecule has 6 aromatic rings. The zero-order chi connectivity index (χ0) is 50.2. The highest BCUT2D eigenvalue weighted by molar-refractivity contribution is 7.44. The summed E-state index contributed by atoms with van der Waals surface area (Å²) in [5.41, 5.74) is 2.64. The van der Waals surface area contributed by atoms with Crippen molar-refractivity contribution in [3.05, 3.63) is 144 Å². The topological polar surface area (TPSA) is 164 Å². The zero-order valence-corrected chi connectivity index (χ0v) is 43.9. The highest BCUT2D eigenvalue weighted by Gasteiger charge is 2.54. The molecule has 0 saturated carbocycles. The Hall–Kier alpha value is -5.60. The highest BCUT2D eigenvalue weighted by atomic mass is 31.2. The second-order valence-corrected chi connectivity index (χ2v) is 25.4. The van der Waals surface area contributed by atoms with Gasteiger partial charge in [0.15, 0.2) is 31.5 Å². The predicted octanol–water partition coefficient (Wildman–Crippen LogP) is 11.1. The molecule has 1 N–H and O–H groups in total. The molecule has 1 saturated heterocycles. The minimum absolute atomic E-state index is 0.00377. The first-order chi connectivity index (χ1) is 33.5. The maximum atomic E-state index is 13.5. The molecule has 17 heteroatoms. The van der Waals surface area contributed by atoms with Gasteiger partial charge in [-0.3, -0.25) is 9.36 Å². The first kappa shape index (κ1) is 52.2. The number of nitriles is 1. The highest BCUT2D eigenvalue weighted by Crippen LogP contribution is 2.53. The Labute approximate surface area is 414 Å². The monoisotopic (exact) mass is 987 g/mol. The summed E-state index contributed by atoms with van der Waals surface area (Å²) in [6.07, 6.45) is -0.0410. The number of carbonyl (C=O) groups is 1. The van der Waals surface area contributed by atoms with Crippen LogP contribution >= 0.6 is 8.53 Å². The second-order valence-electron chi connectivity index (χ2n) is 19.2. The number of aromatic nitrogens is 4. The van der Waals surface area contributed by atoms with E-state index in [1.807, 2.05) is 77.4 Å². The van der Waals surface area contributed by atoms with Crippen LogP contribution in [0, 0.1) is 11.3 Å². The minimum Gasteiger partial charge on any atom is -0.497 e. The Balaban J connectivity index is 1.41. The number of imidazole rings is 1. The molecule has 1 aliphatic rings. The van der Waals surface area contributed by atoms with Gasteiger partial charge >= 0.3 is 0 Å². The molecule has 3 heterocycles. The van der Waals surface area contributed by atoms with E-state index in [4.69, 9.17) is 42.4 Å². The van der Waals surface area contributed by atoms with E-state index in [-0.39, 0.29) is 48.5 Å². The smallest absolute Gasteiger partial charge is 0.259 e. The van der Waals surface area contributed by atoms with Crippen LogP contribution in [0.4, 0.5) is 5.82 Å². The number of carbonyl (C=O) groups excluding carboxylic acids is 1. The van der Waals surface area contributed by atoms with Gasteiger partial charge in [0.25, 0.3) is 14.4 Å². The largest absolute Gasteiger partial charge is 0.497 e. The van der Waals surface area contributed by atoms with Crippen LogP contribution in [0.1, 0.15) is 88.2 Å². The molecule has 1 unspecified atom stereocenters. The summed E-state index contributed by atoms with van der Waals surface area (Å²) < 4.78 is 51.8. The van der Waals surface area contributed by atoms with Crippen LogP contribution in [0.2, 0.25) is 18.1 Å². The molecule has 0 spiro atoms. The third-order valence-electron chi connectivity index (χ3n) is 12.9. The molecule has 2 aromatic heterocycles. The first-order valence-corrected chi connectivity index (χ1v) is 27.7. The van der Waals surface area contributed by atoms with Crippen LogP contribution in [0.5, 0.6) is 11.5 Å². The molecular formula is C53H66N7O8PSi. The number of fused-ring (bicyclic) bond motifs is 1. The number of hydrogen-bond donors (Lipinski definition) is 1. The summed E-state index contributed by atoms with van der Waals surface area (Å²) in [5, 5.41) is 12.4. The lowest BCUT2D eigenvalue weighted by molar-refractivity contribution is -0.0926. The van der Waals surface area contributed by atoms with Gasteiger partial charge in [0, 0.05) is 17.6 Å². The fraction of sp³-hybridized carbons (Fsp3) is 0.415. The van der Waals surface area contributed by atoms with E-state index in [0.29, 0.717) is 28.2 Å². The number of nitrogens with zero attached hydrogens (tertiary/aromatic N) is 6. The number of nitrogens with one attached hydrogen (secondary N) is 1. The molecule has 5 atom stereocenters. The third-order valence-corrected chi connectivity index (χ3v) is 19.5. The van der Waals surface area contributed by atoms with E-state index in [1.165, 1.54) is 6.33 Å². The van der Waals surface area contributed by atoms with E-state index in [1.54, 1.807) is 44.8 Å². The van der Waals surface area contributed by atoms with Gasteiger partial charge in [0.05, 0.1) is 46.3 Å². The molecule has 0 aliphatic carbocycles. The van der Waals surface area contributed by atoms with Crippen LogP contribution in [-0.2, 0) is 28.5 Å². The Morgan fingerprint density at radius 2 is 1.40 bits per heavy atom. The van der Waals surface area contributed by atoms with Crippen LogP contribution in [0.15, 0.2) is 122 Å². The van der Waals surface area contributed by atoms with Gasteiger partial charge < -0.3 is 37.7 Å². The molecule has 15 nitrogen and oxygen atoms in total. The molecule has 4 aromatic carbocycles. The summed E-state index contributed by atoms with van der Waals surface area (Å²) in [6, 6.07) is 37.0. The van der Waals surface area contributed by atoms with Crippen molar-refractivity contribution in [2.45, 2.75) is 115 Å². The number of benzene rings is 4. The second kappa shape index (κ2) is 22.6. The minimum atomic E-state index is -2.66. The van der Waals surface area contributed by atoms with Crippen molar-refractivity contribution in [3.63, 3.8) is 0 Å². The number of rotatable bonds is 21. The lowest BCUT2D eigenvalue weighted by Crippen LogP contribution is -2.50. The SMILES string of the molecule is COc1ccc(C(OC[C@H]2O[C@@H](n3cnc4c(NC(=O)c5ccccc5)ncnc43)[C@H](O[Si](C)(C)C(C)(C)C)[C@@H]2OP(OCCC#N)N(C(C)C)C(C)C)(c2ccccc2)c2ccc(OC)cc2)cc1. The van der Waals surface area contributed by atoms with E-state index >= 15 is 0 Å². The fourth-order valence-corrected chi connectivity index (χ4v) is 11.5. The average Bonchev–Trinajstić information content (AvgIpc) is 3.93. The molecule has 1 amide bonds. The van der Waals surface area contributed by atoms with Gasteiger partial charge in [-0.1, -0.05) is 93.6 Å². The molecule has 7 rings (SSSR count). The van der Waals surface area contributed by atoms with Crippen molar-refractivity contribution in [2.24, 2.45) is 0 Å². The van der Waals surface area contributed by atoms with Gasteiger partial charge in [-0.05, 0) is 98.9 Å². The molecule has 1 aliphatic heterocycles. The maximum absolute atomic E-state index is 13.5. The summed E-state index contributed by atoms with van der Waals surface area (Å²) >= 11 is 0. The Bertz CT molecular complexity index is 2620. The van der Waals surface area contributed by atoms with Gasteiger partial charge in [-0.25, -0.2) is 19.6 Å². The standard InChI is InChI=1S/C53H66N7O8PSi/c1-36(2)60(37(3)4)69(65-32-18-31-54)67-46-44(33-64-53(39-21-16-13-17-22-39,40-23-27-42(62-8)28-24-40)41-25-29-43(63-9)30-26-41)66-51(47(46)68-70(10,11)52(5,6)7)59-35-57-45-48(55-34-56-49(45)59)58-50(61)38-19-14-12-15-20-38/h12-17,19-30,34-37,44,46-47,51H,18,32-33H2,1-11H3,(H,55,56,58,61)/t44-,46-,47-,51-,69?/m1/s1. The van der Waals surface area contributed by atoms with Gasteiger partial charge in [-0.15, -0.1) is 0 Å². The molecular weight excluding hydrogens is 922 g/mol. The summed E-state index contributed by atoms with van der Waals surface area (Å²) in [4.78, 5) is 27.5. The first-order valence-electron chi connectivity index (χ1n) is 23.6. The summed E-state index contributed by atoms with van der Waals surface area (Å²) in [6.45, 7) is 19.6. The van der Waals surface area contributed by atoms with E-state index in [9.17, 15) is 10.1 Å². The quantitative estimate of drug-likeness (QED) is 0.0314. The normalized spacial score (nSPS) is 18.1. The Morgan fingerprint density at radius 1 is 0.829 bits per heavy atom. The lowest BCUT2D eigenvalue weighted by Gasteiger charge is -2.42. The van der Waals surface area contributed by atoms with Crippen molar-refractivity contribution < 1.29 is 37.2 Å². The number of methoxy groups -OCH3 is 2. The van der Waals surface area contributed by atoms with E-state index in [2.05, 4.69) is 94.7 Å². The third kappa shape index (κ3) is 11.3. The Kier molecular flexibility index (Phi) is 16.9. The van der Waals surface area contributed by atoms with Gasteiger partial charge in [0.2, 0.25) is 0 Å². The summed E-state index contributed by atoms with van der Waals surface area (Å²) in [7, 11) is -1.19. The van der Waals surface area contributed by atoms with Crippen molar-refractivity contribution in [1.29, 1.82) is 5.26 Å². The molecule has 70 heavy (non-hydrogen) atoms. The van der Waals surface area contributed by atoms with Crippen LogP contribution < -0.4 is 14.8 Å². The Morgan fingerprint density at radius 3 is 1.94 bits per heavy atom. The van der Waals surface area contributed by atoms with Gasteiger partial charge in [0.1, 0.15) is 41.7 Å². The fourth-order valence-electron chi connectivity index (χ4n) is 8.41. The maximum Gasteiger partial charge on any atom is 0.259 e. The molecule has 0 bridgehead atoms. The molecule has 0 radical (unpaired) electrons. The van der Waals surface area contributed by atoms with Crippen LogP contribution in [-0.4, -0.2) is 96.2 Å². The van der Waals surface area contributed by atoms with E-state index in [0.717, 1.165) is 16.7 Å². The zero-order valence-electron chi connectivity index (χ0n) is 42.0. The predicted molar refractivity (Wildman–Crippen MR) is 274 cm³/mol. The van der Waals surface area contributed by atoms with Crippen molar-refractivity contribution >= 4 is 39.7 Å².